The third-order valence-electron chi connectivity index (χ3n) is 2.25. The van der Waals surface area contributed by atoms with E-state index in [4.69, 9.17) is 9.84 Å². The summed E-state index contributed by atoms with van der Waals surface area (Å²) >= 11 is 0. The number of hydrogen-bond donors (Lipinski definition) is 3. The van der Waals surface area contributed by atoms with E-state index in [1.165, 1.54) is 6.92 Å². The van der Waals surface area contributed by atoms with Crippen LogP contribution in [0.2, 0.25) is 0 Å². The fourth-order valence-corrected chi connectivity index (χ4v) is 1.36. The molecule has 0 aromatic heterocycles. The predicted octanol–water partition coefficient (Wildman–Crippen LogP) is -0.0997. The van der Waals surface area contributed by atoms with Gasteiger partial charge >= 0.3 is 5.97 Å². The second kappa shape index (κ2) is 11.5. The lowest BCUT2D eigenvalue weighted by Crippen LogP contribution is -2.27. The number of carboxylic acid groups (broad SMARTS) is 1. The number of aliphatic carboxylic acids is 1. The van der Waals surface area contributed by atoms with E-state index in [2.05, 4.69) is 10.6 Å². The zero-order valence-electron chi connectivity index (χ0n) is 11.2. The van der Waals surface area contributed by atoms with Gasteiger partial charge in [0.05, 0.1) is 6.61 Å². The molecule has 0 radical (unpaired) electrons. The van der Waals surface area contributed by atoms with Crippen molar-refractivity contribution in [3.8, 4) is 0 Å². The Kier molecular flexibility index (Phi) is 10.5. The molecular weight excluding hydrogens is 252 g/mol. The molecule has 0 spiro atoms. The smallest absolute Gasteiger partial charge is 0.329 e. The number of unbranched alkanes of at least 4 members (excludes halogenated alkanes) is 2. The number of carboxylic acids is 1. The van der Waals surface area contributed by atoms with Crippen LogP contribution in [0.5, 0.6) is 0 Å². The van der Waals surface area contributed by atoms with Gasteiger partial charge in [-0.05, 0) is 12.8 Å². The van der Waals surface area contributed by atoms with E-state index in [1.807, 2.05) is 0 Å². The maximum absolute atomic E-state index is 11.3. The second-order valence-electron chi connectivity index (χ2n) is 4.09. The minimum atomic E-state index is -1.02. The number of carbonyl (C=O) groups excluding carboxylic acids is 2. The summed E-state index contributed by atoms with van der Waals surface area (Å²) in [5.74, 6) is -1.14. The van der Waals surface area contributed by atoms with Gasteiger partial charge in [-0.2, -0.15) is 0 Å². The van der Waals surface area contributed by atoms with Gasteiger partial charge in [0.1, 0.15) is 6.61 Å². The van der Waals surface area contributed by atoms with E-state index in [0.29, 0.717) is 19.5 Å². The van der Waals surface area contributed by atoms with Crippen molar-refractivity contribution in [3.63, 3.8) is 0 Å². The van der Waals surface area contributed by atoms with Crippen LogP contribution in [0, 0.1) is 0 Å². The largest absolute Gasteiger partial charge is 0.480 e. The van der Waals surface area contributed by atoms with Gasteiger partial charge in [-0.25, -0.2) is 4.79 Å². The minimum absolute atomic E-state index is 0.0425. The summed E-state index contributed by atoms with van der Waals surface area (Å²) < 4.78 is 4.77. The van der Waals surface area contributed by atoms with Gasteiger partial charge in [0, 0.05) is 26.4 Å². The van der Waals surface area contributed by atoms with Gasteiger partial charge in [0.15, 0.2) is 0 Å². The van der Waals surface area contributed by atoms with Gasteiger partial charge in [-0.3, -0.25) is 9.59 Å². The molecule has 2 amide bonds. The molecule has 7 heteroatoms. The molecule has 7 nitrogen and oxygen atoms in total. The highest BCUT2D eigenvalue weighted by Gasteiger charge is 2.01. The summed E-state index contributed by atoms with van der Waals surface area (Å²) in [6.07, 6.45) is 2.93. The highest BCUT2D eigenvalue weighted by Crippen LogP contribution is 1.98. The van der Waals surface area contributed by atoms with Crippen molar-refractivity contribution < 1.29 is 24.2 Å². The molecule has 0 bridgehead atoms. The zero-order valence-corrected chi connectivity index (χ0v) is 11.2. The first-order valence-corrected chi connectivity index (χ1v) is 6.33. The SMILES string of the molecule is CC(=O)NCCCCCC(=O)NCCOCC(=O)O. The Morgan fingerprint density at radius 3 is 2.42 bits per heavy atom. The molecule has 0 saturated carbocycles. The molecule has 0 aliphatic heterocycles. The Morgan fingerprint density at radius 1 is 1.05 bits per heavy atom. The predicted molar refractivity (Wildman–Crippen MR) is 68.6 cm³/mol. The molecule has 0 aromatic rings. The first-order valence-electron chi connectivity index (χ1n) is 6.33. The average molecular weight is 274 g/mol. The summed E-state index contributed by atoms with van der Waals surface area (Å²) in [6.45, 7) is 2.28. The van der Waals surface area contributed by atoms with Crippen molar-refractivity contribution in [2.45, 2.75) is 32.6 Å². The molecule has 19 heavy (non-hydrogen) atoms. The maximum atomic E-state index is 11.3. The van der Waals surface area contributed by atoms with Crippen molar-refractivity contribution in [3.05, 3.63) is 0 Å². The van der Waals surface area contributed by atoms with Gasteiger partial charge in [0.2, 0.25) is 11.8 Å². The summed E-state index contributed by atoms with van der Waals surface area (Å²) in [5.41, 5.74) is 0. The van der Waals surface area contributed by atoms with E-state index in [-0.39, 0.29) is 25.0 Å². The van der Waals surface area contributed by atoms with E-state index in [0.717, 1.165) is 19.3 Å². The van der Waals surface area contributed by atoms with Crippen LogP contribution in [0.4, 0.5) is 0 Å². The molecule has 3 N–H and O–H groups in total. The lowest BCUT2D eigenvalue weighted by Gasteiger charge is -2.05. The van der Waals surface area contributed by atoms with Crippen molar-refractivity contribution in [2.75, 3.05) is 26.3 Å². The van der Waals surface area contributed by atoms with Crippen LogP contribution in [0.25, 0.3) is 0 Å². The molecule has 0 fully saturated rings. The molecule has 0 aromatic carbocycles. The number of nitrogens with one attached hydrogen (secondary N) is 2. The van der Waals surface area contributed by atoms with E-state index in [9.17, 15) is 14.4 Å². The molecule has 0 saturated heterocycles. The molecule has 0 rings (SSSR count). The molecule has 0 heterocycles. The van der Waals surface area contributed by atoms with Crippen LogP contribution in [-0.4, -0.2) is 49.2 Å². The van der Waals surface area contributed by atoms with Gasteiger partial charge in [-0.1, -0.05) is 6.42 Å². The van der Waals surface area contributed by atoms with Crippen molar-refractivity contribution in [2.24, 2.45) is 0 Å². The number of carbonyl (C=O) groups is 3. The molecule has 0 aliphatic rings. The molecule has 0 unspecified atom stereocenters. The third-order valence-corrected chi connectivity index (χ3v) is 2.25. The van der Waals surface area contributed by atoms with Gasteiger partial charge in [0.25, 0.3) is 0 Å². The summed E-state index contributed by atoms with van der Waals surface area (Å²) in [5, 5.41) is 13.6. The van der Waals surface area contributed by atoms with E-state index < -0.39 is 5.97 Å². The molecular formula is C12H22N2O5. The van der Waals surface area contributed by atoms with E-state index in [1.54, 1.807) is 0 Å². The minimum Gasteiger partial charge on any atom is -0.480 e. The Bertz CT molecular complexity index is 294. The number of rotatable bonds is 11. The highest BCUT2D eigenvalue weighted by molar-refractivity contribution is 5.75. The zero-order chi connectivity index (χ0) is 14.5. The maximum Gasteiger partial charge on any atom is 0.329 e. The Hall–Kier alpha value is -1.63. The monoisotopic (exact) mass is 274 g/mol. The Morgan fingerprint density at radius 2 is 1.79 bits per heavy atom. The summed E-state index contributed by atoms with van der Waals surface area (Å²) in [4.78, 5) is 32.0. The van der Waals surface area contributed by atoms with Gasteiger partial charge in [-0.15, -0.1) is 0 Å². The Labute approximate surface area is 112 Å². The highest BCUT2D eigenvalue weighted by atomic mass is 16.5. The molecule has 0 atom stereocenters. The van der Waals surface area contributed by atoms with Crippen molar-refractivity contribution in [1.82, 2.24) is 10.6 Å². The fraction of sp³-hybridized carbons (Fsp3) is 0.750. The average Bonchev–Trinajstić information content (AvgIpc) is 2.32. The van der Waals surface area contributed by atoms with Crippen LogP contribution in [0.3, 0.4) is 0 Å². The van der Waals surface area contributed by atoms with Crippen LogP contribution in [-0.2, 0) is 19.1 Å². The number of hydrogen-bond acceptors (Lipinski definition) is 4. The summed E-state index contributed by atoms with van der Waals surface area (Å²) in [6, 6.07) is 0. The van der Waals surface area contributed by atoms with Gasteiger partial charge < -0.3 is 20.5 Å². The fourth-order valence-electron chi connectivity index (χ4n) is 1.36. The van der Waals surface area contributed by atoms with E-state index >= 15 is 0 Å². The Balaban J connectivity index is 3.26. The second-order valence-corrected chi connectivity index (χ2v) is 4.09. The number of ether oxygens (including phenoxy) is 1. The lowest BCUT2D eigenvalue weighted by molar-refractivity contribution is -0.142. The summed E-state index contributed by atoms with van der Waals surface area (Å²) in [7, 11) is 0. The quantitative estimate of drug-likeness (QED) is 0.456. The normalized spacial score (nSPS) is 9.95. The van der Waals surface area contributed by atoms with Crippen LogP contribution in [0.15, 0.2) is 0 Å². The van der Waals surface area contributed by atoms with Crippen LogP contribution < -0.4 is 10.6 Å². The lowest BCUT2D eigenvalue weighted by atomic mass is 10.2. The van der Waals surface area contributed by atoms with Crippen LogP contribution >= 0.6 is 0 Å². The topological polar surface area (TPSA) is 105 Å². The standard InChI is InChI=1S/C12H22N2O5/c1-10(15)13-6-4-2-3-5-11(16)14-7-8-19-9-12(17)18/h2-9H2,1H3,(H,13,15)(H,14,16)(H,17,18). The molecule has 0 aliphatic carbocycles. The molecule has 110 valence electrons. The third kappa shape index (κ3) is 14.3. The van der Waals surface area contributed by atoms with Crippen LogP contribution in [0.1, 0.15) is 32.6 Å². The van der Waals surface area contributed by atoms with Crippen molar-refractivity contribution in [1.29, 1.82) is 0 Å². The number of amides is 2. The first kappa shape index (κ1) is 17.4. The van der Waals surface area contributed by atoms with Crippen molar-refractivity contribution >= 4 is 17.8 Å². The first-order chi connectivity index (χ1) is 9.02.